The summed E-state index contributed by atoms with van der Waals surface area (Å²) in [4.78, 5) is 26.2. The summed E-state index contributed by atoms with van der Waals surface area (Å²) < 4.78 is 0. The zero-order valence-corrected chi connectivity index (χ0v) is 12.6. The third-order valence-corrected chi connectivity index (χ3v) is 4.72. The Balaban J connectivity index is 2.08. The molecule has 2 amide bonds. The number of rotatable bonds is 2. The summed E-state index contributed by atoms with van der Waals surface area (Å²) in [6.45, 7) is 3.86. The molecule has 2 unspecified atom stereocenters. The Labute approximate surface area is 126 Å². The zero-order valence-electron chi connectivity index (χ0n) is 11.0. The molecule has 2 N–H and O–H groups in total. The number of benzene rings is 1. The lowest BCUT2D eigenvalue weighted by Crippen LogP contribution is -2.37. The summed E-state index contributed by atoms with van der Waals surface area (Å²) in [5.74, 6) is -0.865. The first kappa shape index (κ1) is 13.5. The van der Waals surface area contributed by atoms with Gasteiger partial charge in [-0.3, -0.25) is 9.59 Å². The van der Waals surface area contributed by atoms with Crippen LogP contribution in [0.15, 0.2) is 18.2 Å². The number of hydrogen-bond donors (Lipinski definition) is 1. The van der Waals surface area contributed by atoms with Crippen LogP contribution in [0.1, 0.15) is 19.4 Å². The number of nitrogens with two attached hydrogens (primary N) is 1. The van der Waals surface area contributed by atoms with Gasteiger partial charge in [0.25, 0.3) is 0 Å². The van der Waals surface area contributed by atoms with E-state index in [-0.39, 0.29) is 34.1 Å². The Kier molecular flexibility index (Phi) is 2.72. The van der Waals surface area contributed by atoms with Gasteiger partial charge in [0, 0.05) is 10.6 Å². The Morgan fingerprint density at radius 3 is 2.35 bits per heavy atom. The van der Waals surface area contributed by atoms with Gasteiger partial charge in [-0.05, 0) is 23.6 Å². The van der Waals surface area contributed by atoms with Gasteiger partial charge in [-0.1, -0.05) is 37.7 Å². The molecule has 6 heteroatoms. The smallest absolute Gasteiger partial charge is 0.238 e. The molecule has 3 rings (SSSR count). The summed E-state index contributed by atoms with van der Waals surface area (Å²) in [6.07, 6.45) is 0. The van der Waals surface area contributed by atoms with Gasteiger partial charge in [-0.25, -0.2) is 4.90 Å². The summed E-state index contributed by atoms with van der Waals surface area (Å²) in [5.41, 5.74) is 6.30. The van der Waals surface area contributed by atoms with Crippen molar-refractivity contribution in [3.05, 3.63) is 28.8 Å². The van der Waals surface area contributed by atoms with Gasteiger partial charge in [-0.15, -0.1) is 0 Å². The monoisotopic (exact) mass is 308 g/mol. The van der Waals surface area contributed by atoms with Crippen molar-refractivity contribution in [3.8, 4) is 0 Å². The molecule has 1 saturated carbocycles. The van der Waals surface area contributed by atoms with Gasteiger partial charge < -0.3 is 5.73 Å². The molecule has 1 aliphatic carbocycles. The minimum Gasteiger partial charge on any atom is -0.389 e. The van der Waals surface area contributed by atoms with E-state index in [2.05, 4.69) is 0 Å². The molecule has 2 aliphatic rings. The molecular formula is C14H13ClN2O2S. The Hall–Kier alpha value is -1.46. The highest BCUT2D eigenvalue weighted by atomic mass is 35.5. The quantitative estimate of drug-likeness (QED) is 0.671. The van der Waals surface area contributed by atoms with Gasteiger partial charge >= 0.3 is 0 Å². The summed E-state index contributed by atoms with van der Waals surface area (Å²) >= 11 is 10.9. The average molecular weight is 309 g/mol. The van der Waals surface area contributed by atoms with Crippen LogP contribution >= 0.6 is 23.8 Å². The highest BCUT2D eigenvalue weighted by Crippen LogP contribution is 2.63. The number of hydrogen-bond acceptors (Lipinski definition) is 3. The molecule has 0 radical (unpaired) electrons. The summed E-state index contributed by atoms with van der Waals surface area (Å²) in [6, 6.07) is 4.83. The van der Waals surface area contributed by atoms with E-state index in [0.29, 0.717) is 16.3 Å². The molecule has 2 fully saturated rings. The zero-order chi connectivity index (χ0) is 14.8. The van der Waals surface area contributed by atoms with Crippen LogP contribution in [-0.2, 0) is 9.59 Å². The topological polar surface area (TPSA) is 63.4 Å². The molecule has 0 spiro atoms. The standard InChI is InChI=1S/C14H13ClN2O2S/c1-14(2)9-10(14)13(19)17(12(9)18)8-5-6(15)3-4-7(8)11(16)20/h3-5,9-10H,1-2H3,(H2,16,20). The maximum Gasteiger partial charge on any atom is 0.238 e. The molecule has 1 aromatic rings. The molecule has 1 heterocycles. The van der Waals surface area contributed by atoms with Crippen molar-refractivity contribution in [2.45, 2.75) is 13.8 Å². The van der Waals surface area contributed by atoms with Crippen molar-refractivity contribution >= 4 is 46.3 Å². The van der Waals surface area contributed by atoms with Gasteiger partial charge in [0.15, 0.2) is 0 Å². The first-order valence-electron chi connectivity index (χ1n) is 6.24. The lowest BCUT2D eigenvalue weighted by atomic mass is 10.0. The van der Waals surface area contributed by atoms with Crippen LogP contribution in [0.3, 0.4) is 0 Å². The highest BCUT2D eigenvalue weighted by Gasteiger charge is 2.72. The first-order valence-corrected chi connectivity index (χ1v) is 7.02. The Bertz CT molecular complexity index is 647. The summed E-state index contributed by atoms with van der Waals surface area (Å²) in [7, 11) is 0. The predicted octanol–water partition coefficient (Wildman–Crippen LogP) is 2.12. The molecule has 104 valence electrons. The second-order valence-electron chi connectivity index (χ2n) is 5.81. The lowest BCUT2D eigenvalue weighted by Gasteiger charge is -2.23. The molecular weight excluding hydrogens is 296 g/mol. The number of anilines is 1. The van der Waals surface area contributed by atoms with Crippen molar-refractivity contribution in [1.82, 2.24) is 0 Å². The maximum absolute atomic E-state index is 12.4. The SMILES string of the molecule is CC1(C)C2C(=O)N(c3cc(Cl)ccc3C(N)=S)C(=O)C21. The molecule has 0 bridgehead atoms. The number of thiocarbonyl (C=S) groups is 1. The van der Waals surface area contributed by atoms with Gasteiger partial charge in [-0.2, -0.15) is 0 Å². The fourth-order valence-corrected chi connectivity index (χ4v) is 3.42. The Morgan fingerprint density at radius 1 is 1.30 bits per heavy atom. The van der Waals surface area contributed by atoms with Crippen LogP contribution in [-0.4, -0.2) is 16.8 Å². The molecule has 1 saturated heterocycles. The number of halogens is 1. The van der Waals surface area contributed by atoms with Crippen LogP contribution in [0.25, 0.3) is 0 Å². The van der Waals surface area contributed by atoms with E-state index in [1.54, 1.807) is 18.2 Å². The van der Waals surface area contributed by atoms with E-state index < -0.39 is 0 Å². The number of carbonyl (C=O) groups is 2. The van der Waals surface area contributed by atoms with Crippen molar-refractivity contribution in [3.63, 3.8) is 0 Å². The van der Waals surface area contributed by atoms with E-state index in [4.69, 9.17) is 29.6 Å². The molecule has 4 nitrogen and oxygen atoms in total. The fraction of sp³-hybridized carbons (Fsp3) is 0.357. The first-order chi connectivity index (χ1) is 9.26. The second kappa shape index (κ2) is 4.02. The van der Waals surface area contributed by atoms with Crippen molar-refractivity contribution in [1.29, 1.82) is 0 Å². The molecule has 0 aromatic heterocycles. The number of piperidine rings is 1. The van der Waals surface area contributed by atoms with Crippen LogP contribution in [0.4, 0.5) is 5.69 Å². The van der Waals surface area contributed by atoms with E-state index in [0.717, 1.165) is 0 Å². The van der Waals surface area contributed by atoms with Crippen molar-refractivity contribution < 1.29 is 9.59 Å². The lowest BCUT2D eigenvalue weighted by molar-refractivity contribution is -0.125. The van der Waals surface area contributed by atoms with Gasteiger partial charge in [0.2, 0.25) is 11.8 Å². The van der Waals surface area contributed by atoms with Gasteiger partial charge in [0.1, 0.15) is 4.99 Å². The largest absolute Gasteiger partial charge is 0.389 e. The van der Waals surface area contributed by atoms with Crippen LogP contribution < -0.4 is 10.6 Å². The van der Waals surface area contributed by atoms with Crippen LogP contribution in [0, 0.1) is 17.3 Å². The normalized spacial score (nSPS) is 26.6. The number of fused-ring (bicyclic) bond motifs is 1. The fourth-order valence-electron chi connectivity index (χ4n) is 3.08. The molecule has 2 atom stereocenters. The van der Waals surface area contributed by atoms with Crippen molar-refractivity contribution in [2.24, 2.45) is 23.0 Å². The number of nitrogens with zero attached hydrogens (tertiary/aromatic N) is 1. The minimum atomic E-state index is -0.243. The second-order valence-corrected chi connectivity index (χ2v) is 6.69. The van der Waals surface area contributed by atoms with E-state index in [9.17, 15) is 9.59 Å². The minimum absolute atomic E-state index is 0.136. The average Bonchev–Trinajstić information content (AvgIpc) is 2.79. The third-order valence-electron chi connectivity index (χ3n) is 4.27. The van der Waals surface area contributed by atoms with E-state index in [1.807, 2.05) is 13.8 Å². The van der Waals surface area contributed by atoms with Crippen molar-refractivity contribution in [2.75, 3.05) is 4.90 Å². The number of carbonyl (C=O) groups excluding carboxylic acids is 2. The predicted molar refractivity (Wildman–Crippen MR) is 80.6 cm³/mol. The molecule has 1 aromatic carbocycles. The van der Waals surface area contributed by atoms with E-state index in [1.165, 1.54) is 4.90 Å². The third kappa shape index (κ3) is 1.63. The highest BCUT2D eigenvalue weighted by molar-refractivity contribution is 7.80. The van der Waals surface area contributed by atoms with E-state index >= 15 is 0 Å². The number of amides is 2. The molecule has 1 aliphatic heterocycles. The summed E-state index contributed by atoms with van der Waals surface area (Å²) in [5, 5.41) is 0.431. The van der Waals surface area contributed by atoms with Crippen LogP contribution in [0.2, 0.25) is 5.02 Å². The maximum atomic E-state index is 12.4. The van der Waals surface area contributed by atoms with Gasteiger partial charge in [0.05, 0.1) is 17.5 Å². The molecule has 20 heavy (non-hydrogen) atoms. The Morgan fingerprint density at radius 2 is 1.85 bits per heavy atom. The van der Waals surface area contributed by atoms with Crippen LogP contribution in [0.5, 0.6) is 0 Å². The number of imide groups is 1.